The molecular formula is C92H180N2O7S3. The summed E-state index contributed by atoms with van der Waals surface area (Å²) in [5, 5.41) is 11.1. The van der Waals surface area contributed by atoms with Crippen LogP contribution in [0.15, 0.2) is 0 Å². The van der Waals surface area contributed by atoms with Gasteiger partial charge in [0, 0.05) is 62.3 Å². The van der Waals surface area contributed by atoms with Gasteiger partial charge >= 0.3 is 5.97 Å². The van der Waals surface area contributed by atoms with E-state index in [0.717, 1.165) is 172 Å². The first-order chi connectivity index (χ1) is 51.1. The lowest BCUT2D eigenvalue weighted by molar-refractivity contribution is -0.149. The zero-order valence-electron chi connectivity index (χ0n) is 70.8. The summed E-state index contributed by atoms with van der Waals surface area (Å²) in [7, 11) is 1.81. The van der Waals surface area contributed by atoms with Gasteiger partial charge in [0.15, 0.2) is 15.3 Å². The largest absolute Gasteiger partial charge is 0.465 e. The molecule has 104 heavy (non-hydrogen) atoms. The summed E-state index contributed by atoms with van der Waals surface area (Å²) in [5.41, 5.74) is 0. The molecule has 0 radical (unpaired) electrons. The molecule has 0 aliphatic heterocycles. The van der Waals surface area contributed by atoms with Gasteiger partial charge in [0.2, 0.25) is 0 Å². The van der Waals surface area contributed by atoms with Crippen molar-refractivity contribution in [1.82, 2.24) is 9.80 Å². The molecule has 4 unspecified atom stereocenters. The SMILES string of the molecule is CCCCCCCCCC(=O)SCCCCCCCN(CCO)CCCCCCCSC(=O)C(CCCCCCCC)CCCCCCCCC(CC)CCCC(CCCCCCCC)C(=O)OCCCCCCN(CCCCCCSC(=O)C(CCCCCC)CCCCCCCC)CCCOC. The molecule has 0 aromatic rings. The lowest BCUT2D eigenvalue weighted by atomic mass is 9.89. The van der Waals surface area contributed by atoms with Crippen LogP contribution in [0.1, 0.15) is 459 Å². The van der Waals surface area contributed by atoms with Gasteiger partial charge in [-0.3, -0.25) is 19.2 Å². The van der Waals surface area contributed by atoms with E-state index in [9.17, 15) is 24.3 Å². The molecular weight excluding hydrogens is 1340 g/mol. The van der Waals surface area contributed by atoms with Crippen molar-refractivity contribution in [3.8, 4) is 0 Å². The van der Waals surface area contributed by atoms with Gasteiger partial charge in [-0.1, -0.05) is 385 Å². The van der Waals surface area contributed by atoms with E-state index >= 15 is 0 Å². The zero-order valence-corrected chi connectivity index (χ0v) is 73.2. The number of rotatable bonds is 87. The van der Waals surface area contributed by atoms with Crippen molar-refractivity contribution >= 4 is 56.6 Å². The molecule has 4 atom stereocenters. The fourth-order valence-electron chi connectivity index (χ4n) is 15.3. The predicted octanol–water partition coefficient (Wildman–Crippen LogP) is 28.5. The highest BCUT2D eigenvalue weighted by atomic mass is 32.2. The first-order valence-corrected chi connectivity index (χ1v) is 49.3. The third-order valence-electron chi connectivity index (χ3n) is 22.5. The summed E-state index contributed by atoms with van der Waals surface area (Å²) in [6, 6.07) is 0. The Morgan fingerprint density at radius 2 is 0.596 bits per heavy atom. The third kappa shape index (κ3) is 71.7. The van der Waals surface area contributed by atoms with Gasteiger partial charge in [-0.25, -0.2) is 0 Å². The number of ether oxygens (including phenoxy) is 2. The summed E-state index contributed by atoms with van der Waals surface area (Å²) in [6.07, 6.45) is 78.7. The number of hydrogen-bond donors (Lipinski definition) is 1. The molecule has 0 aliphatic carbocycles. The molecule has 0 aliphatic rings. The summed E-state index contributed by atoms with van der Waals surface area (Å²) in [4.78, 5) is 58.1. The van der Waals surface area contributed by atoms with Crippen LogP contribution in [0.5, 0.6) is 0 Å². The van der Waals surface area contributed by atoms with Crippen LogP contribution in [0.4, 0.5) is 0 Å². The lowest BCUT2D eigenvalue weighted by Crippen LogP contribution is -2.29. The number of carbonyl (C=O) groups excluding carboxylic acids is 4. The fraction of sp³-hybridized carbons (Fsp3) is 0.957. The molecule has 0 bridgehead atoms. The number of carbonyl (C=O) groups is 4. The van der Waals surface area contributed by atoms with Crippen molar-refractivity contribution in [2.45, 2.75) is 459 Å². The van der Waals surface area contributed by atoms with E-state index in [1.807, 2.05) is 7.11 Å². The molecule has 0 rings (SSSR count). The molecule has 0 aromatic heterocycles. The van der Waals surface area contributed by atoms with Gasteiger partial charge in [0.25, 0.3) is 0 Å². The van der Waals surface area contributed by atoms with E-state index in [1.54, 1.807) is 35.3 Å². The Morgan fingerprint density at radius 3 is 0.990 bits per heavy atom. The smallest absolute Gasteiger partial charge is 0.308 e. The zero-order chi connectivity index (χ0) is 75.8. The summed E-state index contributed by atoms with van der Waals surface area (Å²) in [6.45, 7) is 21.6. The Kier molecular flexibility index (Phi) is 84.3. The third-order valence-corrected chi connectivity index (χ3v) is 25.7. The molecule has 0 heterocycles. The minimum atomic E-state index is 0.0423. The highest BCUT2D eigenvalue weighted by Gasteiger charge is 2.23. The van der Waals surface area contributed by atoms with Gasteiger partial charge in [-0.05, 0) is 135 Å². The Hall–Kier alpha value is -0.630. The molecule has 0 spiro atoms. The highest BCUT2D eigenvalue weighted by Crippen LogP contribution is 2.30. The monoisotopic (exact) mass is 1520 g/mol. The minimum absolute atomic E-state index is 0.0423. The minimum Gasteiger partial charge on any atom is -0.465 e. The predicted molar refractivity (Wildman–Crippen MR) is 463 cm³/mol. The van der Waals surface area contributed by atoms with Gasteiger partial charge in [-0.15, -0.1) is 0 Å². The van der Waals surface area contributed by atoms with E-state index in [-0.39, 0.29) is 30.3 Å². The van der Waals surface area contributed by atoms with Crippen molar-refractivity contribution in [2.24, 2.45) is 23.7 Å². The Bertz CT molecular complexity index is 1780. The van der Waals surface area contributed by atoms with Crippen LogP contribution in [0, 0.1) is 23.7 Å². The number of esters is 1. The first kappa shape index (κ1) is 103. The Labute approximate surface area is 662 Å². The van der Waals surface area contributed by atoms with Crippen molar-refractivity contribution in [1.29, 1.82) is 0 Å². The van der Waals surface area contributed by atoms with E-state index in [0.29, 0.717) is 22.0 Å². The maximum atomic E-state index is 13.7. The number of aliphatic hydroxyl groups is 1. The van der Waals surface area contributed by atoms with Crippen molar-refractivity contribution in [3.05, 3.63) is 0 Å². The molecule has 9 nitrogen and oxygen atoms in total. The van der Waals surface area contributed by atoms with Gasteiger partial charge in [0.05, 0.1) is 19.1 Å². The number of hydrogen-bond acceptors (Lipinski definition) is 12. The second-order valence-corrected chi connectivity index (χ2v) is 35.6. The molecule has 0 amide bonds. The number of nitrogens with zero attached hydrogens (tertiary/aromatic N) is 2. The van der Waals surface area contributed by atoms with E-state index in [1.165, 1.54) is 315 Å². The average molecular weight is 1520 g/mol. The molecule has 0 saturated heterocycles. The van der Waals surface area contributed by atoms with Gasteiger partial charge in [-0.2, -0.15) is 0 Å². The summed E-state index contributed by atoms with van der Waals surface area (Å²) in [5.74, 6) is 4.27. The van der Waals surface area contributed by atoms with Crippen LogP contribution in [0.25, 0.3) is 0 Å². The normalized spacial score (nSPS) is 13.0. The van der Waals surface area contributed by atoms with E-state index in [2.05, 4.69) is 51.3 Å². The van der Waals surface area contributed by atoms with Crippen molar-refractivity contribution in [3.63, 3.8) is 0 Å². The first-order valence-electron chi connectivity index (χ1n) is 46.3. The molecule has 0 saturated carbocycles. The van der Waals surface area contributed by atoms with Crippen LogP contribution < -0.4 is 0 Å². The average Bonchev–Trinajstić information content (AvgIpc) is 1.01. The second-order valence-electron chi connectivity index (χ2n) is 32.2. The van der Waals surface area contributed by atoms with E-state index < -0.39 is 0 Å². The standard InChI is InChI=1S/C92H180N2O7S3/c1-8-14-19-24-28-38-53-72-89(96)102-82-59-44-31-39-54-75-94(78-79-95)76-55-40-32-45-60-83-103-92(99)88(69-51-36-27-22-17-11-4)70-52-37-30-29-33-47-64-85(13-6)65-62-71-86(66-49-34-25-20-15-9-2)90(97)101-81-58-43-41-56-73-93(77-63-80-100-7)74-57-42-46-61-84-104-91(98)87(67-48-23-18-12-5)68-50-35-26-21-16-10-3/h85-88,95H,8-84H2,1-7H3. The van der Waals surface area contributed by atoms with Crippen LogP contribution >= 0.6 is 35.3 Å². The second kappa shape index (κ2) is 84.8. The molecule has 618 valence electrons. The number of methoxy groups -OCH3 is 1. The molecule has 12 heteroatoms. The fourth-order valence-corrected chi connectivity index (χ4v) is 18.2. The molecule has 0 fully saturated rings. The van der Waals surface area contributed by atoms with Crippen LogP contribution in [0.3, 0.4) is 0 Å². The van der Waals surface area contributed by atoms with Crippen LogP contribution in [0.2, 0.25) is 0 Å². The van der Waals surface area contributed by atoms with Crippen molar-refractivity contribution in [2.75, 3.05) is 83.5 Å². The number of aliphatic hydroxyl groups excluding tert-OH is 1. The van der Waals surface area contributed by atoms with Crippen molar-refractivity contribution < 1.29 is 33.8 Å². The number of thioether (sulfide) groups is 3. The maximum Gasteiger partial charge on any atom is 0.308 e. The molecule has 1 N–H and O–H groups in total. The van der Waals surface area contributed by atoms with E-state index in [4.69, 9.17) is 9.47 Å². The number of unbranched alkanes of at least 4 members (excludes halogenated alkanes) is 43. The van der Waals surface area contributed by atoms with Crippen LogP contribution in [-0.4, -0.2) is 120 Å². The maximum absolute atomic E-state index is 13.7. The Morgan fingerprint density at radius 1 is 0.298 bits per heavy atom. The lowest BCUT2D eigenvalue weighted by Gasteiger charge is -2.22. The highest BCUT2D eigenvalue weighted by molar-refractivity contribution is 8.14. The van der Waals surface area contributed by atoms with Gasteiger partial charge in [0.1, 0.15) is 0 Å². The van der Waals surface area contributed by atoms with Crippen LogP contribution in [-0.2, 0) is 28.7 Å². The summed E-state index contributed by atoms with van der Waals surface area (Å²) >= 11 is 4.85. The van der Waals surface area contributed by atoms with Gasteiger partial charge < -0.3 is 24.4 Å². The molecule has 0 aromatic carbocycles. The topological polar surface area (TPSA) is 113 Å². The Balaban J connectivity index is 4.72. The quantitative estimate of drug-likeness (QED) is 0.0462. The summed E-state index contributed by atoms with van der Waals surface area (Å²) < 4.78 is 11.5.